The average molecular weight is 727 g/mol. The van der Waals surface area contributed by atoms with Gasteiger partial charge in [0.1, 0.15) is 23.7 Å². The molecular formula is C37H36ClFN8O5. The van der Waals surface area contributed by atoms with Gasteiger partial charge in [-0.05, 0) is 80.0 Å². The van der Waals surface area contributed by atoms with Gasteiger partial charge in [-0.1, -0.05) is 17.7 Å². The molecule has 0 spiro atoms. The number of carbonyl (C=O) groups excluding carboxylic acids is 4. The number of carbonyl (C=O) groups is 4. The first-order valence-corrected chi connectivity index (χ1v) is 18.0. The van der Waals surface area contributed by atoms with Crippen molar-refractivity contribution in [1.29, 1.82) is 5.26 Å². The van der Waals surface area contributed by atoms with Crippen LogP contribution >= 0.6 is 11.6 Å². The fraction of sp³-hybridized carbons (Fsp3) is 0.432. The number of benzene rings is 2. The molecule has 15 heteroatoms. The summed E-state index contributed by atoms with van der Waals surface area (Å²) >= 11 is 6.13. The summed E-state index contributed by atoms with van der Waals surface area (Å²) in [6, 6.07) is 13.6. The largest absolute Gasteiger partial charge is 0.490 e. The Morgan fingerprint density at radius 3 is 2.52 bits per heavy atom. The smallest absolute Gasteiger partial charge is 0.272 e. The standard InChI is InChI=1S/C37H36ClFN8O5/c38-28-14-27(4-1-21(28)15-40)52-26-5-2-23(3-6-26)41-35(49)30-7-9-32(44-43-30)45-18-24-13-25(19-45)46(24)16-20-11-22-17-47(37(51)34(22)29(39)12-20)31-8-10-33(48)42-36(31)50/h1,4,7,9,11-12,14,23-26,31H,2-3,5-6,8,10,13,16-19H2,(H,41,49)(H,42,48,50). The number of imide groups is 1. The molecule has 5 aliphatic heterocycles. The van der Waals surface area contributed by atoms with Crippen molar-refractivity contribution >= 4 is 41.0 Å². The maximum atomic E-state index is 15.3. The number of hydrogen-bond acceptors (Lipinski definition) is 10. The molecular weight excluding hydrogens is 691 g/mol. The lowest BCUT2D eigenvalue weighted by molar-refractivity contribution is -0.136. The third-order valence-electron chi connectivity index (χ3n) is 10.9. The molecule has 52 heavy (non-hydrogen) atoms. The lowest BCUT2D eigenvalue weighted by Crippen LogP contribution is -2.68. The predicted octanol–water partition coefficient (Wildman–Crippen LogP) is 3.48. The minimum atomic E-state index is -0.790. The van der Waals surface area contributed by atoms with Gasteiger partial charge in [0.2, 0.25) is 11.8 Å². The van der Waals surface area contributed by atoms with Gasteiger partial charge in [-0.15, -0.1) is 10.2 Å². The van der Waals surface area contributed by atoms with Gasteiger partial charge in [0.05, 0.1) is 22.3 Å². The van der Waals surface area contributed by atoms with Gasteiger partial charge < -0.3 is 19.9 Å². The number of amides is 4. The third kappa shape index (κ3) is 6.54. The number of halogens is 2. The molecule has 1 aliphatic carbocycles. The maximum Gasteiger partial charge on any atom is 0.272 e. The zero-order chi connectivity index (χ0) is 36.1. The second kappa shape index (κ2) is 13.8. The van der Waals surface area contributed by atoms with Crippen LogP contribution in [0.4, 0.5) is 10.2 Å². The van der Waals surface area contributed by atoms with E-state index in [1.165, 1.54) is 11.0 Å². The quantitative estimate of drug-likeness (QED) is 0.329. The highest BCUT2D eigenvalue weighted by Gasteiger charge is 2.45. The van der Waals surface area contributed by atoms with Crippen LogP contribution in [-0.4, -0.2) is 87.0 Å². The van der Waals surface area contributed by atoms with Gasteiger partial charge in [-0.25, -0.2) is 4.39 Å². The molecule has 9 rings (SSSR count). The number of anilines is 1. The predicted molar refractivity (Wildman–Crippen MR) is 185 cm³/mol. The van der Waals surface area contributed by atoms with Crippen LogP contribution in [0.15, 0.2) is 42.5 Å². The van der Waals surface area contributed by atoms with E-state index in [1.54, 1.807) is 24.3 Å². The average Bonchev–Trinajstić information content (AvgIpc) is 3.47. The molecule has 0 radical (unpaired) electrons. The van der Waals surface area contributed by atoms with Crippen molar-refractivity contribution in [2.45, 2.75) is 88.3 Å². The van der Waals surface area contributed by atoms with E-state index in [-0.39, 0.29) is 66.7 Å². The molecule has 3 unspecified atom stereocenters. The summed E-state index contributed by atoms with van der Waals surface area (Å²) in [5, 5.41) is 23.4. The summed E-state index contributed by atoms with van der Waals surface area (Å²) in [6.07, 6.45) is 4.44. The van der Waals surface area contributed by atoms with Gasteiger partial charge in [-0.2, -0.15) is 5.26 Å². The fourth-order valence-electron chi connectivity index (χ4n) is 8.21. The van der Waals surface area contributed by atoms with Crippen LogP contribution in [0, 0.1) is 17.1 Å². The summed E-state index contributed by atoms with van der Waals surface area (Å²) in [6.45, 7) is 2.09. The number of piperidine rings is 2. The van der Waals surface area contributed by atoms with Gasteiger partial charge in [0.15, 0.2) is 11.5 Å². The Morgan fingerprint density at radius 2 is 1.83 bits per heavy atom. The molecule has 4 saturated heterocycles. The number of rotatable bonds is 8. The highest BCUT2D eigenvalue weighted by molar-refractivity contribution is 6.31. The molecule has 268 valence electrons. The topological polar surface area (TPSA) is 161 Å². The molecule has 6 heterocycles. The van der Waals surface area contributed by atoms with Crippen LogP contribution in [0.25, 0.3) is 0 Å². The van der Waals surface area contributed by atoms with Crippen LogP contribution in [-0.2, 0) is 22.7 Å². The molecule has 2 aromatic carbocycles. The molecule has 1 saturated carbocycles. The number of hydrogen-bond donors (Lipinski definition) is 2. The maximum absolute atomic E-state index is 15.3. The van der Waals surface area contributed by atoms with Crippen molar-refractivity contribution in [3.05, 3.63) is 81.3 Å². The zero-order valence-corrected chi connectivity index (χ0v) is 28.9. The van der Waals surface area contributed by atoms with E-state index in [9.17, 15) is 19.2 Å². The van der Waals surface area contributed by atoms with Crippen LogP contribution in [0.2, 0.25) is 5.02 Å². The van der Waals surface area contributed by atoms with E-state index >= 15 is 4.39 Å². The van der Waals surface area contributed by atoms with E-state index in [0.717, 1.165) is 37.7 Å². The van der Waals surface area contributed by atoms with E-state index in [2.05, 4.69) is 30.6 Å². The minimum absolute atomic E-state index is 0.000904. The Bertz CT molecular complexity index is 1990. The third-order valence-corrected chi connectivity index (χ3v) is 11.2. The van der Waals surface area contributed by atoms with Gasteiger partial charge in [0, 0.05) is 56.8 Å². The highest BCUT2D eigenvalue weighted by atomic mass is 35.5. The Labute approximate surface area is 304 Å². The molecule has 5 fully saturated rings. The second-order valence-corrected chi connectivity index (χ2v) is 14.6. The molecule has 3 atom stereocenters. The van der Waals surface area contributed by atoms with Gasteiger partial charge >= 0.3 is 0 Å². The van der Waals surface area contributed by atoms with E-state index in [4.69, 9.17) is 21.6 Å². The Balaban J connectivity index is 0.818. The monoisotopic (exact) mass is 726 g/mol. The first-order chi connectivity index (χ1) is 25.1. The molecule has 4 amide bonds. The summed E-state index contributed by atoms with van der Waals surface area (Å²) in [5.41, 5.74) is 1.99. The first-order valence-electron chi connectivity index (χ1n) is 17.6. The van der Waals surface area contributed by atoms with Crippen molar-refractivity contribution in [2.75, 3.05) is 18.0 Å². The van der Waals surface area contributed by atoms with Crippen LogP contribution in [0.5, 0.6) is 5.75 Å². The normalized spacial score (nSPS) is 25.6. The van der Waals surface area contributed by atoms with Crippen LogP contribution < -0.4 is 20.3 Å². The van der Waals surface area contributed by atoms with E-state index < -0.39 is 23.7 Å². The van der Waals surface area contributed by atoms with Crippen LogP contribution in [0.1, 0.15) is 82.5 Å². The lowest BCUT2D eigenvalue weighted by atomic mass is 9.86. The number of nitrogens with zero attached hydrogens (tertiary/aromatic N) is 6. The molecule has 1 aromatic heterocycles. The van der Waals surface area contributed by atoms with Crippen molar-refractivity contribution in [1.82, 2.24) is 30.6 Å². The number of nitrogens with one attached hydrogen (secondary N) is 2. The number of nitriles is 1. The molecule has 2 bridgehead atoms. The molecule has 3 aromatic rings. The van der Waals surface area contributed by atoms with E-state index in [1.807, 2.05) is 18.2 Å². The highest BCUT2D eigenvalue weighted by Crippen LogP contribution is 2.37. The summed E-state index contributed by atoms with van der Waals surface area (Å²) in [7, 11) is 0. The van der Waals surface area contributed by atoms with Crippen molar-refractivity contribution in [2.24, 2.45) is 0 Å². The number of aromatic nitrogens is 2. The van der Waals surface area contributed by atoms with E-state index in [0.29, 0.717) is 47.4 Å². The van der Waals surface area contributed by atoms with Crippen LogP contribution in [0.3, 0.4) is 0 Å². The molecule has 6 aliphatic rings. The summed E-state index contributed by atoms with van der Waals surface area (Å²) in [4.78, 5) is 55.9. The SMILES string of the molecule is N#Cc1ccc(OC2CCC(NC(=O)c3ccc(N4CC5CC(C4)N5Cc4cc(F)c5c(c4)CN(C4CCC(=O)NC4=O)C5=O)nn3)CC2)cc1Cl. The summed E-state index contributed by atoms with van der Waals surface area (Å²) < 4.78 is 21.4. The van der Waals surface area contributed by atoms with Gasteiger partial charge in [-0.3, -0.25) is 29.4 Å². The Hall–Kier alpha value is -5.13. The minimum Gasteiger partial charge on any atom is -0.490 e. The second-order valence-electron chi connectivity index (χ2n) is 14.2. The van der Waals surface area contributed by atoms with Crippen molar-refractivity contribution in [3.63, 3.8) is 0 Å². The fourth-order valence-corrected chi connectivity index (χ4v) is 8.42. The van der Waals surface area contributed by atoms with Crippen molar-refractivity contribution in [3.8, 4) is 11.8 Å². The number of piperazine rings is 1. The zero-order valence-electron chi connectivity index (χ0n) is 28.2. The number of ether oxygens (including phenoxy) is 1. The lowest BCUT2D eigenvalue weighted by Gasteiger charge is -2.56. The Kier molecular flexibility index (Phi) is 9.00. The first kappa shape index (κ1) is 34.0. The molecule has 2 N–H and O–H groups in total. The molecule has 13 nitrogen and oxygen atoms in total. The van der Waals surface area contributed by atoms with Gasteiger partial charge in [0.25, 0.3) is 11.8 Å². The van der Waals surface area contributed by atoms with Crippen molar-refractivity contribution < 1.29 is 28.3 Å². The summed E-state index contributed by atoms with van der Waals surface area (Å²) in [5.74, 6) is -0.939. The number of fused-ring (bicyclic) bond motifs is 3. The Morgan fingerprint density at radius 1 is 1.04 bits per heavy atom.